The zero-order chi connectivity index (χ0) is 14.2. The number of nitrogens with one attached hydrogen (secondary N) is 1. The minimum absolute atomic E-state index is 0. The molecular formula is C13H23ClN4O2. The van der Waals surface area contributed by atoms with Crippen molar-refractivity contribution >= 4 is 12.4 Å². The zero-order valence-electron chi connectivity index (χ0n) is 12.4. The van der Waals surface area contributed by atoms with E-state index in [0.717, 1.165) is 13.1 Å². The van der Waals surface area contributed by atoms with Crippen LogP contribution in [0.4, 0.5) is 0 Å². The maximum absolute atomic E-state index is 12.1. The van der Waals surface area contributed by atoms with E-state index in [1.54, 1.807) is 13.2 Å². The molecule has 114 valence electrons. The van der Waals surface area contributed by atoms with Crippen LogP contribution in [0.25, 0.3) is 0 Å². The Balaban J connectivity index is 0.00000200. The van der Waals surface area contributed by atoms with Gasteiger partial charge in [0.25, 0.3) is 5.56 Å². The van der Waals surface area contributed by atoms with Crippen LogP contribution < -0.4 is 16.6 Å². The van der Waals surface area contributed by atoms with Crippen LogP contribution in [0.5, 0.6) is 0 Å². The van der Waals surface area contributed by atoms with Gasteiger partial charge in [0, 0.05) is 57.6 Å². The number of hydrogen-bond acceptors (Lipinski definition) is 4. The molecule has 0 bridgehead atoms. The van der Waals surface area contributed by atoms with Crippen LogP contribution in [-0.2, 0) is 20.6 Å². The fourth-order valence-electron chi connectivity index (χ4n) is 2.53. The Bertz CT molecular complexity index is 581. The summed E-state index contributed by atoms with van der Waals surface area (Å²) in [6.45, 7) is 6.71. The highest BCUT2D eigenvalue weighted by Crippen LogP contribution is 2.09. The number of aromatic nitrogens is 2. The fraction of sp³-hybridized carbons (Fsp3) is 0.692. The number of rotatable bonds is 2. The molecule has 0 aromatic carbocycles. The summed E-state index contributed by atoms with van der Waals surface area (Å²) in [6, 6.07) is 0.811. The molecule has 7 heteroatoms. The molecule has 20 heavy (non-hydrogen) atoms. The average Bonchev–Trinajstić information content (AvgIpc) is 2.37. The molecule has 1 saturated heterocycles. The summed E-state index contributed by atoms with van der Waals surface area (Å²) in [4.78, 5) is 26.0. The Hall–Kier alpha value is -1.11. The van der Waals surface area contributed by atoms with E-state index < -0.39 is 0 Å². The van der Waals surface area contributed by atoms with E-state index in [1.807, 2.05) is 0 Å². The summed E-state index contributed by atoms with van der Waals surface area (Å²) < 4.78 is 2.64. The van der Waals surface area contributed by atoms with Crippen molar-refractivity contribution in [1.29, 1.82) is 0 Å². The molecular weight excluding hydrogens is 280 g/mol. The molecule has 1 N–H and O–H groups in total. The molecule has 0 spiro atoms. The Labute approximate surface area is 124 Å². The van der Waals surface area contributed by atoms with Crippen LogP contribution in [0, 0.1) is 0 Å². The Morgan fingerprint density at radius 2 is 1.95 bits per heavy atom. The molecule has 1 aliphatic heterocycles. The fourth-order valence-corrected chi connectivity index (χ4v) is 2.53. The summed E-state index contributed by atoms with van der Waals surface area (Å²) in [5.74, 6) is 0. The monoisotopic (exact) mass is 302 g/mol. The predicted molar refractivity (Wildman–Crippen MR) is 81.5 cm³/mol. The van der Waals surface area contributed by atoms with Gasteiger partial charge in [0.05, 0.1) is 0 Å². The third-order valence-electron chi connectivity index (χ3n) is 3.78. The second kappa shape index (κ2) is 6.56. The van der Waals surface area contributed by atoms with Crippen molar-refractivity contribution in [2.75, 3.05) is 13.1 Å². The molecule has 1 fully saturated rings. The summed E-state index contributed by atoms with van der Waals surface area (Å²) in [6.07, 6.45) is 1.66. The van der Waals surface area contributed by atoms with Gasteiger partial charge in [0.1, 0.15) is 0 Å². The number of nitrogens with zero attached hydrogens (tertiary/aromatic N) is 3. The summed E-state index contributed by atoms with van der Waals surface area (Å²) in [5, 5.41) is 3.41. The van der Waals surface area contributed by atoms with Crippen molar-refractivity contribution in [3.63, 3.8) is 0 Å². The number of piperazine rings is 1. The van der Waals surface area contributed by atoms with Gasteiger partial charge < -0.3 is 9.88 Å². The normalized spacial score (nSPS) is 23.4. The maximum Gasteiger partial charge on any atom is 0.330 e. The highest BCUT2D eigenvalue weighted by atomic mass is 35.5. The molecule has 0 aliphatic carbocycles. The maximum atomic E-state index is 12.1. The van der Waals surface area contributed by atoms with E-state index in [9.17, 15) is 9.59 Å². The van der Waals surface area contributed by atoms with Gasteiger partial charge in [-0.3, -0.25) is 14.3 Å². The van der Waals surface area contributed by atoms with Crippen LogP contribution in [0.1, 0.15) is 19.4 Å². The first-order valence-electron chi connectivity index (χ1n) is 6.63. The molecule has 1 aromatic heterocycles. The van der Waals surface area contributed by atoms with E-state index >= 15 is 0 Å². The van der Waals surface area contributed by atoms with Crippen molar-refractivity contribution in [2.45, 2.75) is 32.5 Å². The number of halogens is 1. The highest BCUT2D eigenvalue weighted by molar-refractivity contribution is 5.85. The predicted octanol–water partition coefficient (Wildman–Crippen LogP) is -0.312. The van der Waals surface area contributed by atoms with Gasteiger partial charge in [0.2, 0.25) is 0 Å². The minimum atomic E-state index is -0.282. The summed E-state index contributed by atoms with van der Waals surface area (Å²) in [5.41, 5.74) is 0.197. The van der Waals surface area contributed by atoms with Crippen LogP contribution in [0.15, 0.2) is 15.8 Å². The molecule has 2 rings (SSSR count). The standard InChI is InChI=1S/C13H22N4O2.ClH/c1-9-6-17(10(2)5-14-9)8-11-7-15(3)13(19)16(4)12(11)18;/h7,9-10,14H,5-6,8H2,1-4H3;1H. The number of hydrogen-bond donors (Lipinski definition) is 1. The van der Waals surface area contributed by atoms with Crippen LogP contribution in [0.2, 0.25) is 0 Å². The smallest absolute Gasteiger partial charge is 0.311 e. The Morgan fingerprint density at radius 3 is 2.60 bits per heavy atom. The molecule has 2 atom stereocenters. The third-order valence-corrected chi connectivity index (χ3v) is 3.78. The molecule has 2 heterocycles. The third kappa shape index (κ3) is 3.31. The molecule has 6 nitrogen and oxygen atoms in total. The van der Waals surface area contributed by atoms with Crippen molar-refractivity contribution in [2.24, 2.45) is 14.1 Å². The average molecular weight is 303 g/mol. The molecule has 0 radical (unpaired) electrons. The van der Waals surface area contributed by atoms with Gasteiger partial charge in [-0.2, -0.15) is 0 Å². The van der Waals surface area contributed by atoms with Crippen LogP contribution in [0.3, 0.4) is 0 Å². The van der Waals surface area contributed by atoms with Gasteiger partial charge in [-0.1, -0.05) is 0 Å². The molecule has 2 unspecified atom stereocenters. The Kier molecular flexibility index (Phi) is 5.56. The van der Waals surface area contributed by atoms with Crippen LogP contribution in [-0.4, -0.2) is 39.2 Å². The summed E-state index contributed by atoms with van der Waals surface area (Å²) >= 11 is 0. The second-order valence-corrected chi connectivity index (χ2v) is 5.50. The lowest BCUT2D eigenvalue weighted by molar-refractivity contribution is 0.137. The van der Waals surface area contributed by atoms with E-state index in [4.69, 9.17) is 0 Å². The SMILES string of the molecule is CC1CN(Cc2cn(C)c(=O)n(C)c2=O)C(C)CN1.Cl. The largest absolute Gasteiger partial charge is 0.330 e. The van der Waals surface area contributed by atoms with Gasteiger partial charge in [0.15, 0.2) is 0 Å². The molecule has 0 amide bonds. The van der Waals surface area contributed by atoms with Gasteiger partial charge in [-0.05, 0) is 13.8 Å². The van der Waals surface area contributed by atoms with E-state index in [1.165, 1.54) is 16.2 Å². The first-order valence-corrected chi connectivity index (χ1v) is 6.63. The van der Waals surface area contributed by atoms with Gasteiger partial charge in [-0.15, -0.1) is 12.4 Å². The second-order valence-electron chi connectivity index (χ2n) is 5.50. The first kappa shape index (κ1) is 16.9. The highest BCUT2D eigenvalue weighted by Gasteiger charge is 2.23. The van der Waals surface area contributed by atoms with E-state index in [-0.39, 0.29) is 23.7 Å². The lowest BCUT2D eigenvalue weighted by Crippen LogP contribution is -2.54. The van der Waals surface area contributed by atoms with Crippen LogP contribution >= 0.6 is 12.4 Å². The van der Waals surface area contributed by atoms with Gasteiger partial charge >= 0.3 is 5.69 Å². The lowest BCUT2D eigenvalue weighted by Gasteiger charge is -2.37. The number of aryl methyl sites for hydroxylation is 1. The molecule has 1 aromatic rings. The topological polar surface area (TPSA) is 59.3 Å². The van der Waals surface area contributed by atoms with E-state index in [0.29, 0.717) is 24.2 Å². The van der Waals surface area contributed by atoms with Crippen molar-refractivity contribution < 1.29 is 0 Å². The summed E-state index contributed by atoms with van der Waals surface area (Å²) in [7, 11) is 3.20. The minimum Gasteiger partial charge on any atom is -0.311 e. The lowest BCUT2D eigenvalue weighted by atomic mass is 10.1. The quantitative estimate of drug-likeness (QED) is 0.814. The Morgan fingerprint density at radius 1 is 1.30 bits per heavy atom. The molecule has 1 aliphatic rings. The van der Waals surface area contributed by atoms with Crippen molar-refractivity contribution in [1.82, 2.24) is 19.4 Å². The van der Waals surface area contributed by atoms with Crippen molar-refractivity contribution in [3.05, 3.63) is 32.6 Å². The zero-order valence-corrected chi connectivity index (χ0v) is 13.2. The van der Waals surface area contributed by atoms with Crippen molar-refractivity contribution in [3.8, 4) is 0 Å². The first-order chi connectivity index (χ1) is 8.90. The molecule has 0 saturated carbocycles. The van der Waals surface area contributed by atoms with Gasteiger partial charge in [-0.25, -0.2) is 4.79 Å². The van der Waals surface area contributed by atoms with E-state index in [2.05, 4.69) is 24.1 Å².